The van der Waals surface area contributed by atoms with Gasteiger partial charge in [-0.05, 0) is 48.6 Å². The summed E-state index contributed by atoms with van der Waals surface area (Å²) in [7, 11) is 0. The number of nitrogens with two attached hydrogens (primary N) is 1. The quantitative estimate of drug-likeness (QED) is 0.871. The summed E-state index contributed by atoms with van der Waals surface area (Å²) in [5, 5.41) is 0. The molecule has 2 aromatic carbocycles. The molecule has 0 saturated heterocycles. The summed E-state index contributed by atoms with van der Waals surface area (Å²) in [6.07, 6.45) is 0. The number of hydrogen-bond acceptors (Lipinski definition) is 1. The maximum Gasteiger partial charge on any atom is 0.133 e. The van der Waals surface area contributed by atoms with E-state index < -0.39 is 0 Å². The summed E-state index contributed by atoms with van der Waals surface area (Å²) in [5.74, 6) is -0.142. The molecule has 0 radical (unpaired) electrons. The van der Waals surface area contributed by atoms with Crippen LogP contribution in [0, 0.1) is 26.6 Å². The summed E-state index contributed by atoms with van der Waals surface area (Å²) in [4.78, 5) is 0. The van der Waals surface area contributed by atoms with Crippen molar-refractivity contribution in [3.8, 4) is 11.1 Å². The second-order valence-electron chi connectivity index (χ2n) is 4.73. The van der Waals surface area contributed by atoms with Crippen LogP contribution in [0.4, 0.5) is 4.39 Å². The van der Waals surface area contributed by atoms with Crippen LogP contribution in [0.3, 0.4) is 0 Å². The highest BCUT2D eigenvalue weighted by Crippen LogP contribution is 2.28. The van der Waals surface area contributed by atoms with Crippen LogP contribution in [0.25, 0.3) is 11.1 Å². The molecule has 0 aliphatic rings. The molecule has 0 unspecified atom stereocenters. The second kappa shape index (κ2) is 6.18. The second-order valence-corrected chi connectivity index (χ2v) is 4.73. The summed E-state index contributed by atoms with van der Waals surface area (Å²) < 4.78 is 14.1. The lowest BCUT2D eigenvalue weighted by atomic mass is 9.94. The van der Waals surface area contributed by atoms with Crippen LogP contribution < -0.4 is 5.73 Å². The Morgan fingerprint density at radius 2 is 1.58 bits per heavy atom. The highest BCUT2D eigenvalue weighted by atomic mass is 35.5. The molecule has 3 heteroatoms. The zero-order valence-corrected chi connectivity index (χ0v) is 12.3. The molecule has 2 aromatic rings. The van der Waals surface area contributed by atoms with Crippen LogP contribution in [0.1, 0.15) is 22.3 Å². The minimum atomic E-state index is -0.142. The van der Waals surface area contributed by atoms with Crippen LogP contribution >= 0.6 is 12.4 Å². The smallest absolute Gasteiger partial charge is 0.133 e. The van der Waals surface area contributed by atoms with Gasteiger partial charge in [0.25, 0.3) is 0 Å². The van der Waals surface area contributed by atoms with Gasteiger partial charge in [-0.15, -0.1) is 12.4 Å². The summed E-state index contributed by atoms with van der Waals surface area (Å²) in [6.45, 7) is 6.35. The Morgan fingerprint density at radius 3 is 2.11 bits per heavy atom. The van der Waals surface area contributed by atoms with E-state index in [1.165, 1.54) is 0 Å². The molecule has 0 atom stereocenters. The lowest BCUT2D eigenvalue weighted by Gasteiger charge is -2.12. The van der Waals surface area contributed by atoms with Crippen LogP contribution in [0.2, 0.25) is 0 Å². The van der Waals surface area contributed by atoms with Gasteiger partial charge in [-0.3, -0.25) is 0 Å². The minimum Gasteiger partial charge on any atom is -0.326 e. The van der Waals surface area contributed by atoms with E-state index in [9.17, 15) is 4.39 Å². The van der Waals surface area contributed by atoms with Crippen molar-refractivity contribution in [2.24, 2.45) is 5.73 Å². The Kier molecular flexibility index (Phi) is 5.10. The van der Waals surface area contributed by atoms with E-state index in [1.807, 2.05) is 38.1 Å². The first-order chi connectivity index (χ1) is 8.54. The molecule has 0 bridgehead atoms. The zero-order chi connectivity index (χ0) is 13.3. The van der Waals surface area contributed by atoms with Gasteiger partial charge in [0, 0.05) is 12.1 Å². The molecule has 19 heavy (non-hydrogen) atoms. The van der Waals surface area contributed by atoms with E-state index in [0.29, 0.717) is 17.7 Å². The van der Waals surface area contributed by atoms with Gasteiger partial charge in [-0.2, -0.15) is 0 Å². The molecule has 1 nitrogen and oxygen atoms in total. The standard InChI is InChI=1S/C16H18FN.ClH/c1-10-5-4-6-14(16(10)17)13-7-11(2)15(9-18)12(3)8-13;/h4-8H,9,18H2,1-3H3;1H. The monoisotopic (exact) mass is 279 g/mol. The van der Waals surface area contributed by atoms with E-state index >= 15 is 0 Å². The van der Waals surface area contributed by atoms with Gasteiger partial charge < -0.3 is 5.73 Å². The fourth-order valence-corrected chi connectivity index (χ4v) is 2.34. The van der Waals surface area contributed by atoms with Gasteiger partial charge in [0.15, 0.2) is 0 Å². The van der Waals surface area contributed by atoms with Gasteiger partial charge in [-0.1, -0.05) is 30.3 Å². The van der Waals surface area contributed by atoms with Crippen molar-refractivity contribution in [1.29, 1.82) is 0 Å². The predicted octanol–water partition coefficient (Wildman–Crippen LogP) is 4.30. The Hall–Kier alpha value is -1.38. The van der Waals surface area contributed by atoms with Crippen LogP contribution in [-0.4, -0.2) is 0 Å². The molecule has 0 aromatic heterocycles. The molecule has 2 rings (SSSR count). The first-order valence-electron chi connectivity index (χ1n) is 6.10. The van der Waals surface area contributed by atoms with E-state index in [4.69, 9.17) is 5.73 Å². The van der Waals surface area contributed by atoms with Crippen molar-refractivity contribution in [2.45, 2.75) is 27.3 Å². The largest absolute Gasteiger partial charge is 0.326 e. The van der Waals surface area contributed by atoms with Gasteiger partial charge in [0.05, 0.1) is 0 Å². The Labute approximate surface area is 120 Å². The fourth-order valence-electron chi connectivity index (χ4n) is 2.34. The molecule has 2 N–H and O–H groups in total. The van der Waals surface area contributed by atoms with Gasteiger partial charge in [0.2, 0.25) is 0 Å². The molecule has 0 heterocycles. The molecule has 102 valence electrons. The summed E-state index contributed by atoms with van der Waals surface area (Å²) in [5.41, 5.74) is 11.4. The number of halogens is 2. The van der Waals surface area contributed by atoms with Crippen molar-refractivity contribution in [1.82, 2.24) is 0 Å². The zero-order valence-electron chi connectivity index (χ0n) is 11.5. The number of aryl methyl sites for hydroxylation is 3. The van der Waals surface area contributed by atoms with Gasteiger partial charge in [-0.25, -0.2) is 4.39 Å². The lowest BCUT2D eigenvalue weighted by Crippen LogP contribution is -2.02. The molecule has 0 saturated carbocycles. The average molecular weight is 280 g/mol. The summed E-state index contributed by atoms with van der Waals surface area (Å²) in [6, 6.07) is 9.50. The third kappa shape index (κ3) is 2.96. The van der Waals surface area contributed by atoms with Crippen LogP contribution in [0.15, 0.2) is 30.3 Å². The molecule has 0 amide bonds. The van der Waals surface area contributed by atoms with Gasteiger partial charge in [0.1, 0.15) is 5.82 Å². The average Bonchev–Trinajstić information content (AvgIpc) is 2.32. The van der Waals surface area contributed by atoms with E-state index in [-0.39, 0.29) is 18.2 Å². The molecule has 0 fully saturated rings. The first-order valence-corrected chi connectivity index (χ1v) is 6.10. The van der Waals surface area contributed by atoms with Crippen molar-refractivity contribution < 1.29 is 4.39 Å². The number of benzene rings is 2. The molecular formula is C16H19ClFN. The number of hydrogen-bond donors (Lipinski definition) is 1. The third-order valence-corrected chi connectivity index (χ3v) is 3.40. The molecule has 0 aliphatic heterocycles. The Balaban J connectivity index is 0.00000180. The number of rotatable bonds is 2. The maximum absolute atomic E-state index is 14.1. The Morgan fingerprint density at radius 1 is 1.00 bits per heavy atom. The highest BCUT2D eigenvalue weighted by Gasteiger charge is 2.10. The lowest BCUT2D eigenvalue weighted by molar-refractivity contribution is 0.622. The first kappa shape index (κ1) is 15.7. The normalized spacial score (nSPS) is 10.2. The van der Waals surface area contributed by atoms with E-state index in [1.54, 1.807) is 13.0 Å². The predicted molar refractivity (Wildman–Crippen MR) is 81.2 cm³/mol. The van der Waals surface area contributed by atoms with Crippen molar-refractivity contribution in [3.63, 3.8) is 0 Å². The maximum atomic E-state index is 14.1. The topological polar surface area (TPSA) is 26.0 Å². The minimum absolute atomic E-state index is 0. The molecule has 0 aliphatic carbocycles. The van der Waals surface area contributed by atoms with E-state index in [2.05, 4.69) is 0 Å². The van der Waals surface area contributed by atoms with Crippen molar-refractivity contribution in [2.75, 3.05) is 0 Å². The van der Waals surface area contributed by atoms with E-state index in [0.717, 1.165) is 22.3 Å². The van der Waals surface area contributed by atoms with Gasteiger partial charge >= 0.3 is 0 Å². The summed E-state index contributed by atoms with van der Waals surface area (Å²) >= 11 is 0. The van der Waals surface area contributed by atoms with Crippen molar-refractivity contribution >= 4 is 12.4 Å². The van der Waals surface area contributed by atoms with Crippen LogP contribution in [-0.2, 0) is 6.54 Å². The molecular weight excluding hydrogens is 261 g/mol. The SMILES string of the molecule is Cc1cccc(-c2cc(C)c(CN)c(C)c2)c1F.Cl. The Bertz CT molecular complexity index is 570. The third-order valence-electron chi connectivity index (χ3n) is 3.40. The van der Waals surface area contributed by atoms with Crippen molar-refractivity contribution in [3.05, 3.63) is 58.4 Å². The molecule has 0 spiro atoms. The highest BCUT2D eigenvalue weighted by molar-refractivity contribution is 5.85. The van der Waals surface area contributed by atoms with Crippen LogP contribution in [0.5, 0.6) is 0 Å². The fraction of sp³-hybridized carbons (Fsp3) is 0.250.